The van der Waals surface area contributed by atoms with Gasteiger partial charge in [0.1, 0.15) is 11.8 Å². The van der Waals surface area contributed by atoms with Crippen molar-refractivity contribution >= 4 is 23.6 Å². The predicted molar refractivity (Wildman–Crippen MR) is 119 cm³/mol. The van der Waals surface area contributed by atoms with Crippen molar-refractivity contribution in [3.63, 3.8) is 0 Å². The summed E-state index contributed by atoms with van der Waals surface area (Å²) in [5.41, 5.74) is 2.19. The lowest BCUT2D eigenvalue weighted by Gasteiger charge is -2.30. The molecule has 29 heavy (non-hydrogen) atoms. The third-order valence-corrected chi connectivity index (χ3v) is 5.72. The standard InChI is InChI=1S/C23H30N2O3S/c1-4-21(23(27)24-2)25(16-19-11-8-12-20(15-19)28-3)22(26)13-14-29-17-18-9-6-5-7-10-18/h5-12,15,21H,4,13-14,16-17H2,1-3H3,(H,24,27). The Hall–Kier alpha value is -2.47. The van der Waals surface area contributed by atoms with E-state index in [0.29, 0.717) is 25.1 Å². The molecule has 0 saturated carbocycles. The van der Waals surface area contributed by atoms with Gasteiger partial charge < -0.3 is 15.0 Å². The molecule has 0 aromatic heterocycles. The minimum atomic E-state index is -0.488. The van der Waals surface area contributed by atoms with Gasteiger partial charge in [-0.1, -0.05) is 49.4 Å². The third kappa shape index (κ3) is 7.13. The quantitative estimate of drug-likeness (QED) is 0.567. The van der Waals surface area contributed by atoms with Crippen LogP contribution in [0.3, 0.4) is 0 Å². The topological polar surface area (TPSA) is 58.6 Å². The molecule has 6 heteroatoms. The van der Waals surface area contributed by atoms with Gasteiger partial charge in [0.25, 0.3) is 0 Å². The lowest BCUT2D eigenvalue weighted by Crippen LogP contribution is -2.48. The Morgan fingerprint density at radius 2 is 1.83 bits per heavy atom. The number of hydrogen-bond donors (Lipinski definition) is 1. The molecule has 0 heterocycles. The van der Waals surface area contributed by atoms with Gasteiger partial charge in [-0.3, -0.25) is 9.59 Å². The Kier molecular flexibility index (Phi) is 9.57. The first-order chi connectivity index (χ1) is 14.1. The Labute approximate surface area is 177 Å². The molecule has 0 spiro atoms. The van der Waals surface area contributed by atoms with E-state index < -0.39 is 6.04 Å². The van der Waals surface area contributed by atoms with Crippen molar-refractivity contribution in [1.29, 1.82) is 0 Å². The highest BCUT2D eigenvalue weighted by Gasteiger charge is 2.27. The maximum atomic E-state index is 13.0. The summed E-state index contributed by atoms with van der Waals surface area (Å²) < 4.78 is 5.29. The van der Waals surface area contributed by atoms with Gasteiger partial charge in [0.15, 0.2) is 0 Å². The Balaban J connectivity index is 2.04. The molecule has 156 valence electrons. The molecule has 0 bridgehead atoms. The summed E-state index contributed by atoms with van der Waals surface area (Å²) in [5.74, 6) is 2.18. The Morgan fingerprint density at radius 3 is 2.48 bits per heavy atom. The van der Waals surface area contributed by atoms with Crippen LogP contribution in [-0.2, 0) is 21.9 Å². The molecule has 1 N–H and O–H groups in total. The third-order valence-electron chi connectivity index (χ3n) is 4.69. The number of carbonyl (C=O) groups excluding carboxylic acids is 2. The maximum Gasteiger partial charge on any atom is 0.242 e. The fraction of sp³-hybridized carbons (Fsp3) is 0.391. The van der Waals surface area contributed by atoms with Crippen LogP contribution in [0.4, 0.5) is 0 Å². The summed E-state index contributed by atoms with van der Waals surface area (Å²) in [6, 6.07) is 17.3. The number of nitrogens with one attached hydrogen (secondary N) is 1. The number of thioether (sulfide) groups is 1. The van der Waals surface area contributed by atoms with E-state index in [1.165, 1.54) is 5.56 Å². The lowest BCUT2D eigenvalue weighted by molar-refractivity contribution is -0.140. The van der Waals surface area contributed by atoms with Gasteiger partial charge in [-0.15, -0.1) is 0 Å². The number of carbonyl (C=O) groups is 2. The van der Waals surface area contributed by atoms with Gasteiger partial charge in [0, 0.05) is 31.5 Å². The van der Waals surface area contributed by atoms with Crippen LogP contribution in [-0.4, -0.2) is 42.7 Å². The van der Waals surface area contributed by atoms with E-state index in [-0.39, 0.29) is 11.8 Å². The smallest absolute Gasteiger partial charge is 0.242 e. The van der Waals surface area contributed by atoms with Crippen LogP contribution in [0.5, 0.6) is 5.75 Å². The predicted octanol–water partition coefficient (Wildman–Crippen LogP) is 3.87. The van der Waals surface area contributed by atoms with Crippen molar-refractivity contribution in [1.82, 2.24) is 10.2 Å². The van der Waals surface area contributed by atoms with Gasteiger partial charge in [-0.2, -0.15) is 11.8 Å². The van der Waals surface area contributed by atoms with Crippen molar-refractivity contribution in [2.24, 2.45) is 0 Å². The average Bonchev–Trinajstić information content (AvgIpc) is 2.77. The SMILES string of the molecule is CCC(C(=O)NC)N(Cc1cccc(OC)c1)C(=O)CCSCc1ccccc1. The molecule has 1 atom stereocenters. The molecule has 0 aliphatic carbocycles. The molecule has 2 amide bonds. The molecule has 1 unspecified atom stereocenters. The number of methoxy groups -OCH3 is 1. The van der Waals surface area contributed by atoms with E-state index in [4.69, 9.17) is 4.74 Å². The summed E-state index contributed by atoms with van der Waals surface area (Å²) in [7, 11) is 3.22. The van der Waals surface area contributed by atoms with Gasteiger partial charge in [0.2, 0.25) is 11.8 Å². The van der Waals surface area contributed by atoms with E-state index >= 15 is 0 Å². The molecule has 2 aromatic rings. The van der Waals surface area contributed by atoms with E-state index in [0.717, 1.165) is 17.1 Å². The number of likely N-dealkylation sites (N-methyl/N-ethyl adjacent to an activating group) is 1. The zero-order valence-electron chi connectivity index (χ0n) is 17.4. The van der Waals surface area contributed by atoms with E-state index in [9.17, 15) is 9.59 Å². The number of benzene rings is 2. The zero-order chi connectivity index (χ0) is 21.1. The second-order valence-corrected chi connectivity index (χ2v) is 7.80. The maximum absolute atomic E-state index is 13.0. The highest BCUT2D eigenvalue weighted by molar-refractivity contribution is 7.98. The molecule has 0 aliphatic heterocycles. The van der Waals surface area contributed by atoms with Crippen molar-refractivity contribution in [3.8, 4) is 5.75 Å². The van der Waals surface area contributed by atoms with Gasteiger partial charge in [-0.05, 0) is 29.7 Å². The van der Waals surface area contributed by atoms with Gasteiger partial charge in [-0.25, -0.2) is 0 Å². The molecular weight excluding hydrogens is 384 g/mol. The number of hydrogen-bond acceptors (Lipinski definition) is 4. The normalized spacial score (nSPS) is 11.6. The zero-order valence-corrected chi connectivity index (χ0v) is 18.2. The molecule has 5 nitrogen and oxygen atoms in total. The number of amides is 2. The molecule has 2 aromatic carbocycles. The van der Waals surface area contributed by atoms with Crippen molar-refractivity contribution < 1.29 is 14.3 Å². The minimum absolute atomic E-state index is 0.0103. The molecule has 2 rings (SSSR count). The first-order valence-corrected chi connectivity index (χ1v) is 11.0. The Morgan fingerprint density at radius 1 is 1.10 bits per heavy atom. The molecule has 0 fully saturated rings. The minimum Gasteiger partial charge on any atom is -0.497 e. The van der Waals surface area contributed by atoms with Gasteiger partial charge >= 0.3 is 0 Å². The summed E-state index contributed by atoms with van der Waals surface area (Å²) in [6.45, 7) is 2.31. The first kappa shape index (κ1) is 22.8. The first-order valence-electron chi connectivity index (χ1n) is 9.84. The van der Waals surface area contributed by atoms with E-state index in [2.05, 4.69) is 17.4 Å². The van der Waals surface area contributed by atoms with Crippen LogP contribution < -0.4 is 10.1 Å². The highest BCUT2D eigenvalue weighted by Crippen LogP contribution is 2.19. The average molecular weight is 415 g/mol. The van der Waals surface area contributed by atoms with E-state index in [1.54, 1.807) is 30.8 Å². The summed E-state index contributed by atoms with van der Waals surface area (Å²) in [5, 5.41) is 2.69. The largest absolute Gasteiger partial charge is 0.497 e. The number of ether oxygens (including phenoxy) is 1. The summed E-state index contributed by atoms with van der Waals surface area (Å²) in [6.07, 6.45) is 0.960. The molecule has 0 radical (unpaired) electrons. The molecule has 0 saturated heterocycles. The molecule has 0 aliphatic rings. The number of nitrogens with zero attached hydrogens (tertiary/aromatic N) is 1. The monoisotopic (exact) mass is 414 g/mol. The Bertz CT molecular complexity index is 783. The van der Waals surface area contributed by atoms with Crippen molar-refractivity contribution in [2.45, 2.75) is 38.1 Å². The summed E-state index contributed by atoms with van der Waals surface area (Å²) in [4.78, 5) is 27.1. The van der Waals surface area contributed by atoms with E-state index in [1.807, 2.05) is 49.4 Å². The highest BCUT2D eigenvalue weighted by atomic mass is 32.2. The van der Waals surface area contributed by atoms with Crippen LogP contribution >= 0.6 is 11.8 Å². The fourth-order valence-electron chi connectivity index (χ4n) is 3.12. The van der Waals surface area contributed by atoms with Crippen LogP contribution in [0.15, 0.2) is 54.6 Å². The second kappa shape index (κ2) is 12.2. The molecular formula is C23H30N2O3S. The van der Waals surface area contributed by atoms with Crippen LogP contribution in [0, 0.1) is 0 Å². The van der Waals surface area contributed by atoms with Crippen LogP contribution in [0.1, 0.15) is 30.9 Å². The summed E-state index contributed by atoms with van der Waals surface area (Å²) >= 11 is 1.73. The van der Waals surface area contributed by atoms with Gasteiger partial charge in [0.05, 0.1) is 7.11 Å². The lowest BCUT2D eigenvalue weighted by atomic mass is 10.1. The van der Waals surface area contributed by atoms with Crippen molar-refractivity contribution in [2.75, 3.05) is 19.9 Å². The number of rotatable bonds is 11. The van der Waals surface area contributed by atoms with Crippen molar-refractivity contribution in [3.05, 3.63) is 65.7 Å². The second-order valence-electron chi connectivity index (χ2n) is 6.70. The van der Waals surface area contributed by atoms with Crippen LogP contribution in [0.2, 0.25) is 0 Å². The van der Waals surface area contributed by atoms with Crippen LogP contribution in [0.25, 0.3) is 0 Å². The fourth-order valence-corrected chi connectivity index (χ4v) is 4.01.